The number of benzene rings is 1. The van der Waals surface area contributed by atoms with Gasteiger partial charge in [-0.3, -0.25) is 14.9 Å². The van der Waals surface area contributed by atoms with Crippen molar-refractivity contribution in [1.82, 2.24) is 14.8 Å². The fourth-order valence-electron chi connectivity index (χ4n) is 1.50. The molecular weight excluding hydrogens is 294 g/mol. The molecule has 2 rings (SSSR count). The molecule has 0 aliphatic heterocycles. The van der Waals surface area contributed by atoms with Crippen molar-refractivity contribution < 1.29 is 9.72 Å². The predicted molar refractivity (Wildman–Crippen MR) is 78.0 cm³/mol. The number of hydrogen-bond acceptors (Lipinski definition) is 6. The van der Waals surface area contributed by atoms with Gasteiger partial charge in [0.2, 0.25) is 5.91 Å². The molecule has 1 amide bonds. The summed E-state index contributed by atoms with van der Waals surface area (Å²) in [5.41, 5.74) is 0.491. The van der Waals surface area contributed by atoms with Crippen LogP contribution in [0.25, 0.3) is 0 Å². The monoisotopic (exact) mass is 307 g/mol. The fourth-order valence-corrected chi connectivity index (χ4v) is 2.29. The van der Waals surface area contributed by atoms with E-state index in [1.807, 2.05) is 0 Å². The van der Waals surface area contributed by atoms with E-state index in [9.17, 15) is 14.9 Å². The molecular formula is C12H13N5O3S. The molecule has 0 saturated heterocycles. The summed E-state index contributed by atoms with van der Waals surface area (Å²) >= 11 is 1.28. The number of carbonyl (C=O) groups is 1. The van der Waals surface area contributed by atoms with E-state index in [1.54, 1.807) is 24.9 Å². The lowest BCUT2D eigenvalue weighted by atomic mass is 10.3. The lowest BCUT2D eigenvalue weighted by molar-refractivity contribution is -0.384. The zero-order valence-electron chi connectivity index (χ0n) is 11.4. The summed E-state index contributed by atoms with van der Waals surface area (Å²) in [6.07, 6.45) is 1.56. The third kappa shape index (κ3) is 3.78. The molecule has 1 heterocycles. The highest BCUT2D eigenvalue weighted by atomic mass is 32.2. The molecule has 0 aliphatic carbocycles. The second-order valence-corrected chi connectivity index (χ2v) is 5.59. The number of amides is 1. The number of rotatable bonds is 5. The number of nitro benzene ring substituents is 1. The van der Waals surface area contributed by atoms with E-state index < -0.39 is 4.92 Å². The van der Waals surface area contributed by atoms with Crippen LogP contribution >= 0.6 is 11.8 Å². The summed E-state index contributed by atoms with van der Waals surface area (Å²) < 4.78 is 1.72. The van der Waals surface area contributed by atoms with Crippen molar-refractivity contribution in [2.75, 3.05) is 5.32 Å². The van der Waals surface area contributed by atoms with Gasteiger partial charge in [0.15, 0.2) is 5.16 Å². The highest BCUT2D eigenvalue weighted by molar-refractivity contribution is 8.00. The molecule has 0 spiro atoms. The summed E-state index contributed by atoms with van der Waals surface area (Å²) in [5, 5.41) is 21.2. The van der Waals surface area contributed by atoms with Crippen molar-refractivity contribution in [2.45, 2.75) is 17.3 Å². The Morgan fingerprint density at radius 3 is 2.62 bits per heavy atom. The average Bonchev–Trinajstić information content (AvgIpc) is 2.84. The van der Waals surface area contributed by atoms with Crippen LogP contribution in [0.15, 0.2) is 35.7 Å². The highest BCUT2D eigenvalue weighted by Gasteiger charge is 2.17. The van der Waals surface area contributed by atoms with Crippen LogP contribution in [0.1, 0.15) is 6.92 Å². The number of non-ortho nitro benzene ring substituents is 1. The second kappa shape index (κ2) is 6.35. The van der Waals surface area contributed by atoms with Crippen LogP contribution in [0.3, 0.4) is 0 Å². The summed E-state index contributed by atoms with van der Waals surface area (Å²) in [6, 6.07) is 5.68. The Kier molecular flexibility index (Phi) is 4.53. The van der Waals surface area contributed by atoms with Gasteiger partial charge >= 0.3 is 0 Å². The van der Waals surface area contributed by atoms with Gasteiger partial charge in [-0.15, -0.1) is 10.2 Å². The van der Waals surface area contributed by atoms with Gasteiger partial charge < -0.3 is 9.88 Å². The number of anilines is 1. The first kappa shape index (κ1) is 15.0. The van der Waals surface area contributed by atoms with Gasteiger partial charge in [-0.25, -0.2) is 0 Å². The van der Waals surface area contributed by atoms with Gasteiger partial charge in [-0.1, -0.05) is 11.8 Å². The molecule has 0 fully saturated rings. The minimum atomic E-state index is -0.488. The Morgan fingerprint density at radius 2 is 2.10 bits per heavy atom. The average molecular weight is 307 g/mol. The first-order chi connectivity index (χ1) is 9.97. The van der Waals surface area contributed by atoms with Crippen LogP contribution in [-0.2, 0) is 11.8 Å². The van der Waals surface area contributed by atoms with Crippen molar-refractivity contribution in [1.29, 1.82) is 0 Å². The van der Waals surface area contributed by atoms with Crippen LogP contribution in [-0.4, -0.2) is 30.8 Å². The maximum Gasteiger partial charge on any atom is 0.269 e. The van der Waals surface area contributed by atoms with Crippen LogP contribution in [0.4, 0.5) is 11.4 Å². The number of carbonyl (C=O) groups excluding carboxylic acids is 1. The van der Waals surface area contributed by atoms with Gasteiger partial charge in [0, 0.05) is 24.9 Å². The number of hydrogen-bond donors (Lipinski definition) is 1. The molecule has 0 radical (unpaired) electrons. The lowest BCUT2D eigenvalue weighted by Gasteiger charge is -2.11. The van der Waals surface area contributed by atoms with Crippen LogP contribution in [0.5, 0.6) is 0 Å². The zero-order valence-corrected chi connectivity index (χ0v) is 12.2. The van der Waals surface area contributed by atoms with Crippen LogP contribution in [0, 0.1) is 10.1 Å². The SMILES string of the molecule is C[C@@H](Sc1nncn1C)C(=O)Nc1ccc([N+](=O)[O-])cc1. The molecule has 8 nitrogen and oxygen atoms in total. The molecule has 2 aromatic rings. The fraction of sp³-hybridized carbons (Fsp3) is 0.250. The number of thioether (sulfide) groups is 1. The van der Waals surface area contributed by atoms with Crippen molar-refractivity contribution in [3.63, 3.8) is 0 Å². The predicted octanol–water partition coefficient (Wildman–Crippen LogP) is 1.84. The van der Waals surface area contributed by atoms with Gasteiger partial charge in [0.1, 0.15) is 6.33 Å². The molecule has 0 saturated carbocycles. The van der Waals surface area contributed by atoms with E-state index in [0.717, 1.165) is 0 Å². The molecule has 0 unspecified atom stereocenters. The Morgan fingerprint density at radius 1 is 1.43 bits per heavy atom. The number of nitrogens with one attached hydrogen (secondary N) is 1. The van der Waals surface area contributed by atoms with E-state index in [2.05, 4.69) is 15.5 Å². The standard InChI is InChI=1S/C12H13N5O3S/c1-8(21-12-15-13-7-16(12)2)11(18)14-9-3-5-10(6-4-9)17(19)20/h3-8H,1-2H3,(H,14,18)/t8-/m1/s1. The number of aryl methyl sites for hydroxylation is 1. The third-order valence-corrected chi connectivity index (χ3v) is 3.82. The minimum absolute atomic E-state index is 0.0190. The molecule has 0 bridgehead atoms. The maximum atomic E-state index is 12.0. The number of aromatic nitrogens is 3. The molecule has 1 aromatic heterocycles. The maximum absolute atomic E-state index is 12.0. The van der Waals surface area contributed by atoms with Gasteiger partial charge in [0.25, 0.3) is 5.69 Å². The van der Waals surface area contributed by atoms with E-state index in [4.69, 9.17) is 0 Å². The first-order valence-electron chi connectivity index (χ1n) is 6.03. The Hall–Kier alpha value is -2.42. The van der Waals surface area contributed by atoms with Crippen molar-refractivity contribution in [3.8, 4) is 0 Å². The topological polar surface area (TPSA) is 103 Å². The molecule has 9 heteroatoms. The van der Waals surface area contributed by atoms with Gasteiger partial charge in [-0.2, -0.15) is 0 Å². The minimum Gasteiger partial charge on any atom is -0.325 e. The molecule has 0 aliphatic rings. The van der Waals surface area contributed by atoms with E-state index in [-0.39, 0.29) is 16.8 Å². The Labute approximate surface area is 124 Å². The van der Waals surface area contributed by atoms with Crippen molar-refractivity contribution in [3.05, 3.63) is 40.7 Å². The smallest absolute Gasteiger partial charge is 0.269 e. The number of nitro groups is 1. The molecule has 1 atom stereocenters. The molecule has 21 heavy (non-hydrogen) atoms. The summed E-state index contributed by atoms with van der Waals surface area (Å²) in [4.78, 5) is 22.1. The van der Waals surface area contributed by atoms with Crippen molar-refractivity contribution in [2.24, 2.45) is 7.05 Å². The van der Waals surface area contributed by atoms with E-state index >= 15 is 0 Å². The van der Waals surface area contributed by atoms with Crippen LogP contribution in [0.2, 0.25) is 0 Å². The third-order valence-electron chi connectivity index (χ3n) is 2.67. The lowest BCUT2D eigenvalue weighted by Crippen LogP contribution is -2.22. The normalized spacial score (nSPS) is 11.9. The quantitative estimate of drug-likeness (QED) is 0.513. The highest BCUT2D eigenvalue weighted by Crippen LogP contribution is 2.22. The van der Waals surface area contributed by atoms with Crippen molar-refractivity contribution >= 4 is 29.0 Å². The zero-order chi connectivity index (χ0) is 15.4. The number of nitrogens with zero attached hydrogens (tertiary/aromatic N) is 4. The van der Waals surface area contributed by atoms with Gasteiger partial charge in [-0.05, 0) is 19.1 Å². The first-order valence-corrected chi connectivity index (χ1v) is 6.91. The van der Waals surface area contributed by atoms with E-state index in [1.165, 1.54) is 36.0 Å². The van der Waals surface area contributed by atoms with E-state index in [0.29, 0.717) is 10.8 Å². The molecule has 1 aromatic carbocycles. The largest absolute Gasteiger partial charge is 0.325 e. The Bertz CT molecular complexity index is 655. The van der Waals surface area contributed by atoms with Gasteiger partial charge in [0.05, 0.1) is 10.2 Å². The molecule has 110 valence electrons. The second-order valence-electron chi connectivity index (χ2n) is 4.28. The summed E-state index contributed by atoms with van der Waals surface area (Å²) in [5.74, 6) is -0.211. The van der Waals surface area contributed by atoms with Crippen LogP contribution < -0.4 is 5.32 Å². The summed E-state index contributed by atoms with van der Waals surface area (Å²) in [6.45, 7) is 1.75. The Balaban J connectivity index is 1.97. The molecule has 1 N–H and O–H groups in total. The summed E-state index contributed by atoms with van der Waals surface area (Å²) in [7, 11) is 1.79.